The third-order valence-electron chi connectivity index (χ3n) is 2.94. The molecule has 2 aromatic rings. The van der Waals surface area contributed by atoms with E-state index in [1.165, 1.54) is 4.88 Å². The molecule has 0 amide bonds. The zero-order chi connectivity index (χ0) is 13.7. The SMILES string of the molecule is CCCC(Nc1ccc(C(=O)O)cc1)c1cccs1. The standard InChI is InChI=1S/C15H17NO2S/c1-2-4-13(14-5-3-10-19-14)16-12-8-6-11(7-9-12)15(17)18/h3,5-10,13,16H,2,4H2,1H3,(H,17,18). The molecule has 0 saturated carbocycles. The summed E-state index contributed by atoms with van der Waals surface area (Å²) < 4.78 is 0. The molecule has 0 bridgehead atoms. The molecule has 19 heavy (non-hydrogen) atoms. The fourth-order valence-corrected chi connectivity index (χ4v) is 2.79. The minimum atomic E-state index is -0.894. The van der Waals surface area contributed by atoms with E-state index in [0.29, 0.717) is 11.6 Å². The van der Waals surface area contributed by atoms with Gasteiger partial charge in [0.15, 0.2) is 0 Å². The van der Waals surface area contributed by atoms with Gasteiger partial charge in [0.05, 0.1) is 11.6 Å². The third kappa shape index (κ3) is 3.58. The molecule has 1 aromatic carbocycles. The van der Waals surface area contributed by atoms with Crippen molar-refractivity contribution in [3.8, 4) is 0 Å². The zero-order valence-electron chi connectivity index (χ0n) is 10.8. The van der Waals surface area contributed by atoms with E-state index in [0.717, 1.165) is 18.5 Å². The Labute approximate surface area is 116 Å². The quantitative estimate of drug-likeness (QED) is 0.821. The van der Waals surface area contributed by atoms with Crippen molar-refractivity contribution in [2.24, 2.45) is 0 Å². The number of anilines is 1. The molecule has 0 aliphatic rings. The van der Waals surface area contributed by atoms with Crippen LogP contribution in [0.5, 0.6) is 0 Å². The highest BCUT2D eigenvalue weighted by molar-refractivity contribution is 7.10. The van der Waals surface area contributed by atoms with Gasteiger partial charge in [0.25, 0.3) is 0 Å². The van der Waals surface area contributed by atoms with Crippen LogP contribution in [0.2, 0.25) is 0 Å². The molecule has 3 nitrogen and oxygen atoms in total. The minimum absolute atomic E-state index is 0.292. The highest BCUT2D eigenvalue weighted by atomic mass is 32.1. The van der Waals surface area contributed by atoms with Gasteiger partial charge in [0.1, 0.15) is 0 Å². The second-order valence-corrected chi connectivity index (χ2v) is 5.36. The Morgan fingerprint density at radius 3 is 2.58 bits per heavy atom. The van der Waals surface area contributed by atoms with Crippen LogP contribution >= 0.6 is 11.3 Å². The van der Waals surface area contributed by atoms with Crippen molar-refractivity contribution >= 4 is 23.0 Å². The molecule has 2 rings (SSSR count). The number of carboxylic acid groups (broad SMARTS) is 1. The van der Waals surface area contributed by atoms with Gasteiger partial charge in [-0.05, 0) is 42.1 Å². The molecule has 1 atom stereocenters. The van der Waals surface area contributed by atoms with E-state index in [-0.39, 0.29) is 0 Å². The number of nitrogens with one attached hydrogen (secondary N) is 1. The van der Waals surface area contributed by atoms with E-state index >= 15 is 0 Å². The average molecular weight is 275 g/mol. The smallest absolute Gasteiger partial charge is 0.335 e. The fraction of sp³-hybridized carbons (Fsp3) is 0.267. The maximum atomic E-state index is 10.8. The Bertz CT molecular complexity index is 520. The van der Waals surface area contributed by atoms with Gasteiger partial charge in [-0.3, -0.25) is 0 Å². The lowest BCUT2D eigenvalue weighted by Gasteiger charge is -2.18. The number of carbonyl (C=O) groups is 1. The maximum Gasteiger partial charge on any atom is 0.335 e. The highest BCUT2D eigenvalue weighted by Gasteiger charge is 2.11. The van der Waals surface area contributed by atoms with E-state index in [1.54, 1.807) is 23.5 Å². The van der Waals surface area contributed by atoms with Crippen molar-refractivity contribution in [3.63, 3.8) is 0 Å². The first-order valence-electron chi connectivity index (χ1n) is 6.34. The molecular weight excluding hydrogens is 258 g/mol. The number of hydrogen-bond donors (Lipinski definition) is 2. The lowest BCUT2D eigenvalue weighted by atomic mass is 10.1. The summed E-state index contributed by atoms with van der Waals surface area (Å²) in [6, 6.07) is 11.4. The van der Waals surface area contributed by atoms with Crippen LogP contribution < -0.4 is 5.32 Å². The Morgan fingerprint density at radius 2 is 2.05 bits per heavy atom. The first-order valence-corrected chi connectivity index (χ1v) is 7.22. The Hall–Kier alpha value is -1.81. The van der Waals surface area contributed by atoms with Gasteiger partial charge in [0.2, 0.25) is 0 Å². The first kappa shape index (κ1) is 13.6. The Kier molecular flexibility index (Phi) is 4.58. The van der Waals surface area contributed by atoms with E-state index in [1.807, 2.05) is 12.1 Å². The van der Waals surface area contributed by atoms with E-state index < -0.39 is 5.97 Å². The largest absolute Gasteiger partial charge is 0.478 e. The molecule has 0 saturated heterocycles. The zero-order valence-corrected chi connectivity index (χ0v) is 11.6. The van der Waals surface area contributed by atoms with Crippen LogP contribution in [0.25, 0.3) is 0 Å². The second-order valence-electron chi connectivity index (χ2n) is 4.38. The lowest BCUT2D eigenvalue weighted by molar-refractivity contribution is 0.0697. The van der Waals surface area contributed by atoms with Crippen LogP contribution in [-0.4, -0.2) is 11.1 Å². The monoisotopic (exact) mass is 275 g/mol. The molecule has 0 fully saturated rings. The Morgan fingerprint density at radius 1 is 1.32 bits per heavy atom. The molecule has 0 radical (unpaired) electrons. The summed E-state index contributed by atoms with van der Waals surface area (Å²) in [5.41, 5.74) is 1.27. The number of aromatic carboxylic acids is 1. The lowest BCUT2D eigenvalue weighted by Crippen LogP contribution is -2.09. The predicted octanol–water partition coefficient (Wildman–Crippen LogP) is 4.40. The number of carboxylic acids is 1. The van der Waals surface area contributed by atoms with Crippen molar-refractivity contribution in [1.82, 2.24) is 0 Å². The maximum absolute atomic E-state index is 10.8. The average Bonchev–Trinajstić information content (AvgIpc) is 2.92. The van der Waals surface area contributed by atoms with Crippen LogP contribution in [0.15, 0.2) is 41.8 Å². The van der Waals surface area contributed by atoms with Crippen molar-refractivity contribution in [1.29, 1.82) is 0 Å². The van der Waals surface area contributed by atoms with Gasteiger partial charge in [0, 0.05) is 10.6 Å². The number of thiophene rings is 1. The molecule has 1 unspecified atom stereocenters. The topological polar surface area (TPSA) is 49.3 Å². The van der Waals surface area contributed by atoms with Crippen LogP contribution in [0.4, 0.5) is 5.69 Å². The van der Waals surface area contributed by atoms with E-state index in [2.05, 4.69) is 29.8 Å². The summed E-state index contributed by atoms with van der Waals surface area (Å²) >= 11 is 1.74. The molecule has 100 valence electrons. The molecule has 0 aliphatic carbocycles. The molecule has 0 spiro atoms. The second kappa shape index (κ2) is 6.38. The molecule has 1 aromatic heterocycles. The molecule has 1 heterocycles. The number of benzene rings is 1. The third-order valence-corrected chi connectivity index (χ3v) is 3.92. The van der Waals surface area contributed by atoms with Gasteiger partial charge in [-0.1, -0.05) is 19.4 Å². The molecule has 4 heteroatoms. The van der Waals surface area contributed by atoms with Crippen molar-refractivity contribution in [3.05, 3.63) is 52.2 Å². The van der Waals surface area contributed by atoms with Crippen molar-refractivity contribution in [2.45, 2.75) is 25.8 Å². The van der Waals surface area contributed by atoms with Crippen molar-refractivity contribution in [2.75, 3.05) is 5.32 Å². The summed E-state index contributed by atoms with van der Waals surface area (Å²) in [5.74, 6) is -0.894. The molecule has 0 aliphatic heterocycles. The van der Waals surface area contributed by atoms with Gasteiger partial charge in [-0.2, -0.15) is 0 Å². The summed E-state index contributed by atoms with van der Waals surface area (Å²) in [6.07, 6.45) is 2.16. The number of hydrogen-bond acceptors (Lipinski definition) is 3. The molecular formula is C15H17NO2S. The van der Waals surface area contributed by atoms with Gasteiger partial charge < -0.3 is 10.4 Å². The van der Waals surface area contributed by atoms with E-state index in [9.17, 15) is 4.79 Å². The summed E-state index contributed by atoms with van der Waals surface area (Å²) in [7, 11) is 0. The van der Waals surface area contributed by atoms with Crippen LogP contribution in [0.3, 0.4) is 0 Å². The molecule has 2 N–H and O–H groups in total. The highest BCUT2D eigenvalue weighted by Crippen LogP contribution is 2.27. The van der Waals surface area contributed by atoms with Crippen molar-refractivity contribution < 1.29 is 9.90 Å². The normalized spacial score (nSPS) is 12.1. The minimum Gasteiger partial charge on any atom is -0.478 e. The van der Waals surface area contributed by atoms with Gasteiger partial charge in [-0.15, -0.1) is 11.3 Å². The van der Waals surface area contributed by atoms with Gasteiger partial charge in [-0.25, -0.2) is 4.79 Å². The number of rotatable bonds is 6. The summed E-state index contributed by atoms with van der Waals surface area (Å²) in [4.78, 5) is 12.1. The summed E-state index contributed by atoms with van der Waals surface area (Å²) in [6.45, 7) is 2.16. The summed E-state index contributed by atoms with van der Waals surface area (Å²) in [5, 5.41) is 14.4. The fourth-order valence-electron chi connectivity index (χ4n) is 1.97. The Balaban J connectivity index is 2.11. The van der Waals surface area contributed by atoms with Gasteiger partial charge >= 0.3 is 5.97 Å². The van der Waals surface area contributed by atoms with Crippen LogP contribution in [0.1, 0.15) is 41.0 Å². The van der Waals surface area contributed by atoms with Crippen LogP contribution in [0, 0.1) is 0 Å². The van der Waals surface area contributed by atoms with E-state index in [4.69, 9.17) is 5.11 Å². The first-order chi connectivity index (χ1) is 9.20. The predicted molar refractivity (Wildman–Crippen MR) is 79.0 cm³/mol. The van der Waals surface area contributed by atoms with Crippen LogP contribution in [-0.2, 0) is 0 Å².